The fraction of sp³-hybridized carbons (Fsp3) is 0.500. The molecular weight excluding hydrogens is 284 g/mol. The SMILES string of the molecule is CCOC(=O)C(O)c1cc(Cl)cc(OC)c1OC(C)C. The molecule has 0 spiro atoms. The van der Waals surface area contributed by atoms with Crippen LogP contribution in [0.25, 0.3) is 0 Å². The van der Waals surface area contributed by atoms with Crippen LogP contribution >= 0.6 is 11.6 Å². The summed E-state index contributed by atoms with van der Waals surface area (Å²) in [6.45, 7) is 5.49. The molecule has 1 N–H and O–H groups in total. The first-order chi connectivity index (χ1) is 9.40. The maximum Gasteiger partial charge on any atom is 0.339 e. The van der Waals surface area contributed by atoms with Crippen LogP contribution in [0.4, 0.5) is 0 Å². The maximum absolute atomic E-state index is 11.7. The van der Waals surface area contributed by atoms with Crippen molar-refractivity contribution in [1.82, 2.24) is 0 Å². The lowest BCUT2D eigenvalue weighted by Crippen LogP contribution is -2.18. The van der Waals surface area contributed by atoms with Gasteiger partial charge in [0.1, 0.15) is 0 Å². The first kappa shape index (κ1) is 16.6. The van der Waals surface area contributed by atoms with Crippen LogP contribution in [-0.2, 0) is 9.53 Å². The lowest BCUT2D eigenvalue weighted by Gasteiger charge is -2.20. The quantitative estimate of drug-likeness (QED) is 0.819. The number of aliphatic hydroxyl groups excluding tert-OH is 1. The number of aliphatic hydroxyl groups is 1. The van der Waals surface area contributed by atoms with E-state index < -0.39 is 12.1 Å². The standard InChI is InChI=1S/C14H19ClO5/c1-5-19-14(17)12(16)10-6-9(15)7-11(18-4)13(10)20-8(2)3/h6-8,12,16H,5H2,1-4H3. The number of carbonyl (C=O) groups excluding carboxylic acids is 1. The van der Waals surface area contributed by atoms with Gasteiger partial charge in [0.15, 0.2) is 17.6 Å². The molecule has 1 rings (SSSR count). The summed E-state index contributed by atoms with van der Waals surface area (Å²) in [6, 6.07) is 3.02. The topological polar surface area (TPSA) is 65.0 Å². The molecule has 0 aliphatic heterocycles. The van der Waals surface area contributed by atoms with Crippen molar-refractivity contribution in [3.05, 3.63) is 22.7 Å². The fourth-order valence-electron chi connectivity index (χ4n) is 1.65. The van der Waals surface area contributed by atoms with Crippen LogP contribution in [0.5, 0.6) is 11.5 Å². The second-order valence-corrected chi connectivity index (χ2v) is 4.78. The highest BCUT2D eigenvalue weighted by Crippen LogP contribution is 2.39. The summed E-state index contributed by atoms with van der Waals surface area (Å²) in [4.78, 5) is 11.7. The van der Waals surface area contributed by atoms with Gasteiger partial charge in [-0.1, -0.05) is 11.6 Å². The number of ether oxygens (including phenoxy) is 3. The molecule has 0 heterocycles. The summed E-state index contributed by atoms with van der Waals surface area (Å²) >= 11 is 5.96. The second-order valence-electron chi connectivity index (χ2n) is 4.35. The van der Waals surface area contributed by atoms with Gasteiger partial charge >= 0.3 is 5.97 Å². The lowest BCUT2D eigenvalue weighted by molar-refractivity contribution is -0.153. The Labute approximate surface area is 123 Å². The molecule has 0 saturated heterocycles. The fourth-order valence-corrected chi connectivity index (χ4v) is 1.87. The lowest BCUT2D eigenvalue weighted by atomic mass is 10.1. The predicted molar refractivity (Wildman–Crippen MR) is 75.4 cm³/mol. The molecule has 1 aromatic rings. The zero-order valence-corrected chi connectivity index (χ0v) is 12.7. The van der Waals surface area contributed by atoms with Crippen LogP contribution in [-0.4, -0.2) is 30.9 Å². The van der Waals surface area contributed by atoms with E-state index >= 15 is 0 Å². The third kappa shape index (κ3) is 4.02. The highest BCUT2D eigenvalue weighted by atomic mass is 35.5. The molecule has 112 valence electrons. The highest BCUT2D eigenvalue weighted by molar-refractivity contribution is 6.30. The number of methoxy groups -OCH3 is 1. The normalized spacial score (nSPS) is 12.2. The number of halogens is 1. The van der Waals surface area contributed by atoms with Gasteiger partial charge in [-0.15, -0.1) is 0 Å². The van der Waals surface area contributed by atoms with E-state index in [4.69, 9.17) is 25.8 Å². The molecule has 0 amide bonds. The summed E-state index contributed by atoms with van der Waals surface area (Å²) < 4.78 is 15.6. The first-order valence-electron chi connectivity index (χ1n) is 6.29. The summed E-state index contributed by atoms with van der Waals surface area (Å²) in [5.74, 6) is -0.123. The molecule has 1 aromatic carbocycles. The third-order valence-corrected chi connectivity index (χ3v) is 2.64. The van der Waals surface area contributed by atoms with Gasteiger partial charge in [-0.2, -0.15) is 0 Å². The number of hydrogen-bond donors (Lipinski definition) is 1. The molecule has 1 unspecified atom stereocenters. The summed E-state index contributed by atoms with van der Waals surface area (Å²) in [7, 11) is 1.46. The van der Waals surface area contributed by atoms with Gasteiger partial charge in [0.05, 0.1) is 19.8 Å². The molecule has 6 heteroatoms. The zero-order chi connectivity index (χ0) is 15.3. The van der Waals surface area contributed by atoms with E-state index in [0.717, 1.165) is 0 Å². The second kappa shape index (κ2) is 7.36. The van der Waals surface area contributed by atoms with Gasteiger partial charge < -0.3 is 19.3 Å². The van der Waals surface area contributed by atoms with E-state index in [2.05, 4.69) is 0 Å². The molecule has 5 nitrogen and oxygen atoms in total. The summed E-state index contributed by atoms with van der Waals surface area (Å²) in [6.07, 6.45) is -1.63. The average molecular weight is 303 g/mol. The molecule has 0 aliphatic carbocycles. The predicted octanol–water partition coefficient (Wildman–Crippen LogP) is 2.73. The van der Waals surface area contributed by atoms with Gasteiger partial charge in [-0.25, -0.2) is 4.79 Å². The van der Waals surface area contributed by atoms with Gasteiger partial charge in [-0.05, 0) is 26.8 Å². The third-order valence-electron chi connectivity index (χ3n) is 2.43. The van der Waals surface area contributed by atoms with Crippen molar-refractivity contribution in [2.75, 3.05) is 13.7 Å². The summed E-state index contributed by atoms with van der Waals surface area (Å²) in [5.41, 5.74) is 0.224. The van der Waals surface area contributed by atoms with Crippen molar-refractivity contribution in [2.45, 2.75) is 33.0 Å². The van der Waals surface area contributed by atoms with Gasteiger partial charge in [0.25, 0.3) is 0 Å². The minimum atomic E-state index is -1.48. The van der Waals surface area contributed by atoms with E-state index in [1.165, 1.54) is 13.2 Å². The Bertz CT molecular complexity index is 473. The summed E-state index contributed by atoms with van der Waals surface area (Å²) in [5, 5.41) is 10.4. The Hall–Kier alpha value is -1.46. The zero-order valence-electron chi connectivity index (χ0n) is 12.0. The monoisotopic (exact) mass is 302 g/mol. The van der Waals surface area contributed by atoms with Crippen LogP contribution in [0.1, 0.15) is 32.4 Å². The van der Waals surface area contributed by atoms with Crippen LogP contribution < -0.4 is 9.47 Å². The van der Waals surface area contributed by atoms with Crippen molar-refractivity contribution in [3.8, 4) is 11.5 Å². The number of rotatable bonds is 6. The van der Waals surface area contributed by atoms with E-state index in [9.17, 15) is 9.90 Å². The molecule has 0 bridgehead atoms. The van der Waals surface area contributed by atoms with Crippen LogP contribution in [0.3, 0.4) is 0 Å². The molecule has 0 aromatic heterocycles. The maximum atomic E-state index is 11.7. The van der Waals surface area contributed by atoms with Crippen molar-refractivity contribution in [3.63, 3.8) is 0 Å². The van der Waals surface area contributed by atoms with Crippen molar-refractivity contribution < 1.29 is 24.1 Å². The number of carbonyl (C=O) groups is 1. The van der Waals surface area contributed by atoms with Gasteiger partial charge in [0.2, 0.25) is 0 Å². The van der Waals surface area contributed by atoms with Crippen molar-refractivity contribution >= 4 is 17.6 Å². The Morgan fingerprint density at radius 2 is 2.05 bits per heavy atom. The average Bonchev–Trinajstić information content (AvgIpc) is 2.39. The van der Waals surface area contributed by atoms with E-state index in [1.807, 2.05) is 13.8 Å². The van der Waals surface area contributed by atoms with Crippen molar-refractivity contribution in [1.29, 1.82) is 0 Å². The molecule has 0 radical (unpaired) electrons. The Morgan fingerprint density at radius 3 is 2.55 bits per heavy atom. The van der Waals surface area contributed by atoms with Crippen LogP contribution in [0.2, 0.25) is 5.02 Å². The molecule has 0 saturated carbocycles. The Kier molecular flexibility index (Phi) is 6.10. The molecule has 20 heavy (non-hydrogen) atoms. The number of hydrogen-bond acceptors (Lipinski definition) is 5. The van der Waals surface area contributed by atoms with E-state index in [0.29, 0.717) is 10.8 Å². The number of esters is 1. The minimum Gasteiger partial charge on any atom is -0.493 e. The Balaban J connectivity index is 3.27. The van der Waals surface area contributed by atoms with E-state index in [-0.39, 0.29) is 24.0 Å². The highest BCUT2D eigenvalue weighted by Gasteiger charge is 2.26. The Morgan fingerprint density at radius 1 is 1.40 bits per heavy atom. The number of benzene rings is 1. The largest absolute Gasteiger partial charge is 0.493 e. The molecule has 1 atom stereocenters. The van der Waals surface area contributed by atoms with Gasteiger partial charge in [0, 0.05) is 16.7 Å². The van der Waals surface area contributed by atoms with Crippen LogP contribution in [0.15, 0.2) is 12.1 Å². The molecular formula is C14H19ClO5. The van der Waals surface area contributed by atoms with Gasteiger partial charge in [-0.3, -0.25) is 0 Å². The molecule has 0 fully saturated rings. The first-order valence-corrected chi connectivity index (χ1v) is 6.67. The van der Waals surface area contributed by atoms with E-state index in [1.54, 1.807) is 13.0 Å². The molecule has 0 aliphatic rings. The van der Waals surface area contributed by atoms with Crippen LogP contribution in [0, 0.1) is 0 Å². The minimum absolute atomic E-state index is 0.154. The van der Waals surface area contributed by atoms with Crippen molar-refractivity contribution in [2.24, 2.45) is 0 Å². The smallest absolute Gasteiger partial charge is 0.339 e.